The highest BCUT2D eigenvalue weighted by atomic mass is 32.2. The lowest BCUT2D eigenvalue weighted by atomic mass is 10.2. The van der Waals surface area contributed by atoms with Crippen LogP contribution in [-0.4, -0.2) is 40.1 Å². The number of anilines is 1. The number of para-hydroxylation sites is 1. The Balaban J connectivity index is 2.75. The molecule has 0 heterocycles. The van der Waals surface area contributed by atoms with Crippen LogP contribution in [0.2, 0.25) is 0 Å². The molecule has 0 radical (unpaired) electrons. The molecule has 0 aromatic heterocycles. The monoisotopic (exact) mass is 464 g/mol. The highest BCUT2D eigenvalue weighted by Gasteiger charge is 2.39. The lowest BCUT2D eigenvalue weighted by Gasteiger charge is -2.26. The Kier molecular flexibility index (Phi) is 7.53. The molecule has 1 amide bonds. The van der Waals surface area contributed by atoms with E-state index in [-0.39, 0.29) is 34.8 Å². The molecule has 0 saturated carbocycles. The first-order valence-corrected chi connectivity index (χ1v) is 13.4. The van der Waals surface area contributed by atoms with Crippen molar-refractivity contribution < 1.29 is 27.3 Å². The fourth-order valence-electron chi connectivity index (χ4n) is 2.73. The van der Waals surface area contributed by atoms with Gasteiger partial charge < -0.3 is 14.0 Å². The summed E-state index contributed by atoms with van der Waals surface area (Å²) in [7, 11) is -8.02. The van der Waals surface area contributed by atoms with Crippen LogP contribution in [0.3, 0.4) is 0 Å². The molecule has 0 bridgehead atoms. The van der Waals surface area contributed by atoms with Crippen molar-refractivity contribution in [3.63, 3.8) is 0 Å². The van der Waals surface area contributed by atoms with Crippen molar-refractivity contribution in [2.45, 2.75) is 31.8 Å². The molecule has 0 aliphatic carbocycles. The normalized spacial score (nSPS) is 11.6. The Labute approximate surface area is 182 Å². The number of benzene rings is 2. The standard InChI is InChI=1S/C21H25N2O6PS/c1-15(2)29-19-8-6-7-9-20(19)31(26,27)23(21(24)30(4,5)25)17-12-16(3)13-18(14-17)28-11-10-22/h6-9,12-15H,11H2,1-5H3. The SMILES string of the molecule is Cc1cc(OCC#N)cc(N(C(=O)P(C)(C)=O)S(=O)(=O)c2ccccc2OC(C)C)c1. The van der Waals surface area contributed by atoms with Gasteiger partial charge in [0, 0.05) is 6.07 Å². The fraction of sp³-hybridized carbons (Fsp3) is 0.333. The largest absolute Gasteiger partial charge is 0.490 e. The van der Waals surface area contributed by atoms with Crippen LogP contribution in [-0.2, 0) is 14.6 Å². The first kappa shape index (κ1) is 24.4. The molecule has 2 rings (SSSR count). The lowest BCUT2D eigenvalue weighted by molar-refractivity contribution is 0.236. The van der Waals surface area contributed by atoms with Gasteiger partial charge in [-0.25, -0.2) is 8.42 Å². The maximum atomic E-state index is 13.7. The van der Waals surface area contributed by atoms with Gasteiger partial charge in [0.2, 0.25) is 0 Å². The summed E-state index contributed by atoms with van der Waals surface area (Å²) in [6.45, 7) is 7.34. The van der Waals surface area contributed by atoms with E-state index in [1.807, 2.05) is 6.07 Å². The van der Waals surface area contributed by atoms with Crippen molar-refractivity contribution in [3.8, 4) is 17.6 Å². The molecular formula is C21H25N2O6PS. The molecule has 0 unspecified atom stereocenters. The number of ether oxygens (including phenoxy) is 2. The number of hydrogen-bond acceptors (Lipinski definition) is 7. The Bertz CT molecular complexity index is 1160. The second-order valence-corrected chi connectivity index (χ2v) is 12.3. The van der Waals surface area contributed by atoms with Crippen LogP contribution in [0.4, 0.5) is 10.5 Å². The summed E-state index contributed by atoms with van der Waals surface area (Å²) in [5.41, 5.74) is -0.503. The summed E-state index contributed by atoms with van der Waals surface area (Å²) in [6, 6.07) is 12.2. The van der Waals surface area contributed by atoms with Crippen LogP contribution in [0.1, 0.15) is 19.4 Å². The average molecular weight is 464 g/mol. The topological polar surface area (TPSA) is 114 Å². The van der Waals surface area contributed by atoms with Crippen LogP contribution < -0.4 is 13.8 Å². The molecule has 0 spiro atoms. The maximum absolute atomic E-state index is 13.7. The molecule has 0 fully saturated rings. The van der Waals surface area contributed by atoms with Crippen LogP contribution in [0.25, 0.3) is 0 Å². The van der Waals surface area contributed by atoms with E-state index < -0.39 is 22.8 Å². The smallest absolute Gasteiger partial charge is 0.298 e. The highest BCUT2D eigenvalue weighted by molar-refractivity contribution is 7.96. The van der Waals surface area contributed by atoms with Crippen molar-refractivity contribution in [2.75, 3.05) is 24.2 Å². The molecule has 31 heavy (non-hydrogen) atoms. The summed E-state index contributed by atoms with van der Waals surface area (Å²) in [5.74, 6) is 0.282. The number of carbonyl (C=O) groups is 1. The van der Waals surface area contributed by atoms with Crippen LogP contribution in [0.5, 0.6) is 11.5 Å². The summed E-state index contributed by atoms with van der Waals surface area (Å²) in [4.78, 5) is 12.9. The fourth-order valence-corrected chi connectivity index (χ4v) is 5.60. The second kappa shape index (κ2) is 9.54. The number of nitriles is 1. The van der Waals surface area contributed by atoms with Crippen LogP contribution in [0, 0.1) is 18.3 Å². The molecule has 8 nitrogen and oxygen atoms in total. The number of hydrogen-bond donors (Lipinski definition) is 0. The van der Waals surface area contributed by atoms with Gasteiger partial charge in [0.1, 0.15) is 22.5 Å². The van der Waals surface area contributed by atoms with Crippen molar-refractivity contribution in [2.24, 2.45) is 0 Å². The summed E-state index contributed by atoms with van der Waals surface area (Å²) in [5, 5.41) is 8.76. The number of carbonyl (C=O) groups excluding carboxylic acids is 1. The van der Waals surface area contributed by atoms with Crippen LogP contribution in [0.15, 0.2) is 47.4 Å². The average Bonchev–Trinajstić information content (AvgIpc) is 2.65. The number of rotatable bonds is 8. The van der Waals surface area contributed by atoms with Gasteiger partial charge in [-0.15, -0.1) is 0 Å². The Morgan fingerprint density at radius 1 is 1.19 bits per heavy atom. The van der Waals surface area contributed by atoms with Gasteiger partial charge in [0.15, 0.2) is 13.7 Å². The van der Waals surface area contributed by atoms with Gasteiger partial charge in [0.25, 0.3) is 15.7 Å². The van der Waals surface area contributed by atoms with Crippen molar-refractivity contribution in [3.05, 3.63) is 48.0 Å². The molecule has 166 valence electrons. The van der Waals surface area contributed by atoms with Gasteiger partial charge in [-0.05, 0) is 63.9 Å². The molecule has 0 aliphatic heterocycles. The minimum atomic E-state index is -4.50. The number of sulfonamides is 1. The van der Waals surface area contributed by atoms with E-state index >= 15 is 0 Å². The molecule has 2 aromatic carbocycles. The van der Waals surface area contributed by atoms with E-state index in [0.29, 0.717) is 9.87 Å². The molecule has 0 N–H and O–H groups in total. The molecule has 0 atom stereocenters. The van der Waals surface area contributed by atoms with E-state index in [0.717, 1.165) is 0 Å². The number of nitrogens with zero attached hydrogens (tertiary/aromatic N) is 2. The van der Waals surface area contributed by atoms with Gasteiger partial charge in [-0.2, -0.15) is 9.57 Å². The Morgan fingerprint density at radius 3 is 2.42 bits per heavy atom. The third-order valence-electron chi connectivity index (χ3n) is 3.94. The van der Waals surface area contributed by atoms with E-state index in [9.17, 15) is 17.8 Å². The Hall–Kier alpha value is -2.82. The summed E-state index contributed by atoms with van der Waals surface area (Å²) in [6.07, 6.45) is -0.311. The highest BCUT2D eigenvalue weighted by Crippen LogP contribution is 2.44. The predicted molar refractivity (Wildman–Crippen MR) is 119 cm³/mol. The van der Waals surface area contributed by atoms with E-state index in [4.69, 9.17) is 14.7 Å². The van der Waals surface area contributed by atoms with Gasteiger partial charge in [0.05, 0.1) is 11.8 Å². The van der Waals surface area contributed by atoms with Crippen LogP contribution >= 0.6 is 7.14 Å². The van der Waals surface area contributed by atoms with E-state index in [1.54, 1.807) is 32.9 Å². The number of amides is 1. The molecule has 0 aliphatic rings. The first-order chi connectivity index (χ1) is 14.4. The van der Waals surface area contributed by atoms with E-state index in [1.165, 1.54) is 43.7 Å². The van der Waals surface area contributed by atoms with Crippen molar-refractivity contribution >= 4 is 28.5 Å². The summed E-state index contributed by atoms with van der Waals surface area (Å²) < 4.78 is 51.5. The molecule has 2 aromatic rings. The zero-order chi connectivity index (χ0) is 23.4. The molecular weight excluding hydrogens is 439 g/mol. The third kappa shape index (κ3) is 5.87. The van der Waals surface area contributed by atoms with Gasteiger partial charge in [-0.1, -0.05) is 12.1 Å². The minimum absolute atomic E-state index is 0.0405. The zero-order valence-corrected chi connectivity index (χ0v) is 19.7. The quantitative estimate of drug-likeness (QED) is 0.524. The Morgan fingerprint density at radius 2 is 1.84 bits per heavy atom. The zero-order valence-electron chi connectivity index (χ0n) is 18.0. The minimum Gasteiger partial charge on any atom is -0.490 e. The van der Waals surface area contributed by atoms with Crippen molar-refractivity contribution in [1.82, 2.24) is 0 Å². The predicted octanol–water partition coefficient (Wildman–Crippen LogP) is 4.62. The molecule has 0 saturated heterocycles. The van der Waals surface area contributed by atoms with E-state index in [2.05, 4.69) is 0 Å². The molecule has 10 heteroatoms. The van der Waals surface area contributed by atoms with Gasteiger partial charge >= 0.3 is 0 Å². The number of aryl methyl sites for hydroxylation is 1. The lowest BCUT2D eigenvalue weighted by Crippen LogP contribution is -2.36. The second-order valence-electron chi connectivity index (χ2n) is 7.47. The van der Waals surface area contributed by atoms with Crippen molar-refractivity contribution in [1.29, 1.82) is 5.26 Å². The van der Waals surface area contributed by atoms with Gasteiger partial charge in [-0.3, -0.25) is 4.79 Å². The first-order valence-electron chi connectivity index (χ1n) is 9.40. The maximum Gasteiger partial charge on any atom is 0.298 e. The third-order valence-corrected chi connectivity index (χ3v) is 6.95. The summed E-state index contributed by atoms with van der Waals surface area (Å²) >= 11 is 0.